The Kier molecular flexibility index (Phi) is 5.24. The number of aromatic hydroxyl groups is 1. The van der Waals surface area contributed by atoms with Crippen LogP contribution in [0.1, 0.15) is 71.8 Å². The van der Waals surface area contributed by atoms with E-state index in [9.17, 15) is 24.6 Å². The number of carbonyl (C=O) groups excluding carboxylic acids is 2. The summed E-state index contributed by atoms with van der Waals surface area (Å²) in [5, 5.41) is 23.1. The molecule has 0 unspecified atom stereocenters. The van der Waals surface area contributed by atoms with Crippen molar-refractivity contribution in [1.29, 1.82) is 0 Å². The lowest BCUT2D eigenvalue weighted by atomic mass is 9.49. The standard InChI is InChI=1S/C30H35N3O5/c1-17(34)25-3-2-9-33(25)28(37)22-11-20-14-30(38)26-12-19-6-7-21(35)13-23(19)29(30,15-24(20)31-27(22)36)8-10-32(26)16-18-4-5-18/h6-7,11,13,18,25-26,35,38H,2-5,8-10,12,14-16H2,1H3,(H,31,36)/t25-,26+,29+,30+/m0/s1. The average molecular weight is 518 g/mol. The van der Waals surface area contributed by atoms with Crippen molar-refractivity contribution in [3.05, 3.63) is 62.6 Å². The molecule has 2 bridgehead atoms. The average Bonchev–Trinajstić information content (AvgIpc) is 3.55. The molecule has 200 valence electrons. The lowest BCUT2D eigenvalue weighted by Crippen LogP contribution is -2.74. The number of hydrogen-bond acceptors (Lipinski definition) is 6. The van der Waals surface area contributed by atoms with Gasteiger partial charge in [0.15, 0.2) is 5.78 Å². The Hall–Kier alpha value is -2.97. The van der Waals surface area contributed by atoms with Crippen LogP contribution in [0.15, 0.2) is 29.1 Å². The van der Waals surface area contributed by atoms with Crippen molar-refractivity contribution in [3.8, 4) is 5.75 Å². The van der Waals surface area contributed by atoms with Gasteiger partial charge in [-0.15, -0.1) is 0 Å². The van der Waals surface area contributed by atoms with Crippen LogP contribution in [0.2, 0.25) is 0 Å². The van der Waals surface area contributed by atoms with Gasteiger partial charge in [0, 0.05) is 43.1 Å². The third-order valence-corrected chi connectivity index (χ3v) is 10.2. The lowest BCUT2D eigenvalue weighted by molar-refractivity contribution is -0.152. The monoisotopic (exact) mass is 517 g/mol. The normalized spacial score (nSPS) is 31.9. The number of fused-ring (bicyclic) bond motifs is 2. The Morgan fingerprint density at radius 3 is 2.68 bits per heavy atom. The van der Waals surface area contributed by atoms with Gasteiger partial charge in [-0.25, -0.2) is 0 Å². The van der Waals surface area contributed by atoms with Gasteiger partial charge >= 0.3 is 0 Å². The molecule has 3 heterocycles. The van der Waals surface area contributed by atoms with Gasteiger partial charge in [-0.3, -0.25) is 19.3 Å². The highest BCUT2D eigenvalue weighted by Gasteiger charge is 2.64. The van der Waals surface area contributed by atoms with Gasteiger partial charge in [-0.2, -0.15) is 0 Å². The molecule has 0 spiro atoms. The van der Waals surface area contributed by atoms with Crippen molar-refractivity contribution in [2.45, 2.75) is 81.4 Å². The molecule has 3 N–H and O–H groups in total. The number of aromatic nitrogens is 1. The van der Waals surface area contributed by atoms with E-state index in [0.29, 0.717) is 38.1 Å². The number of aromatic amines is 1. The van der Waals surface area contributed by atoms with Gasteiger partial charge in [-0.1, -0.05) is 6.07 Å². The summed E-state index contributed by atoms with van der Waals surface area (Å²) < 4.78 is 0. The Balaban J connectivity index is 1.32. The fraction of sp³-hybridized carbons (Fsp3) is 0.567. The fourth-order valence-corrected chi connectivity index (χ4v) is 8.13. The minimum atomic E-state index is -1.10. The number of likely N-dealkylation sites (tertiary alicyclic amines) is 2. The summed E-state index contributed by atoms with van der Waals surface area (Å²) in [4.78, 5) is 45.9. The number of phenols is 1. The summed E-state index contributed by atoms with van der Waals surface area (Å²) in [7, 11) is 0. The number of nitrogens with one attached hydrogen (secondary N) is 1. The van der Waals surface area contributed by atoms with Crippen molar-refractivity contribution in [1.82, 2.24) is 14.8 Å². The van der Waals surface area contributed by atoms with E-state index in [0.717, 1.165) is 48.3 Å². The molecule has 1 aromatic carbocycles. The molecular weight excluding hydrogens is 482 g/mol. The van der Waals surface area contributed by atoms with Crippen LogP contribution >= 0.6 is 0 Å². The molecule has 1 amide bonds. The van der Waals surface area contributed by atoms with Crippen LogP contribution in [-0.4, -0.2) is 74.0 Å². The first-order chi connectivity index (χ1) is 18.2. The minimum absolute atomic E-state index is 0.0466. The first kappa shape index (κ1) is 24.1. The highest BCUT2D eigenvalue weighted by atomic mass is 16.3. The maximum Gasteiger partial charge on any atom is 0.261 e. The Labute approximate surface area is 221 Å². The van der Waals surface area contributed by atoms with E-state index in [1.54, 1.807) is 12.1 Å². The smallest absolute Gasteiger partial charge is 0.261 e. The number of hydrogen-bond donors (Lipinski definition) is 3. The summed E-state index contributed by atoms with van der Waals surface area (Å²) in [6.07, 6.45) is 6.07. The topological polar surface area (TPSA) is 114 Å². The molecule has 0 radical (unpaired) electrons. The predicted octanol–water partition coefficient (Wildman–Crippen LogP) is 2.08. The van der Waals surface area contributed by atoms with E-state index in [4.69, 9.17) is 0 Å². The van der Waals surface area contributed by atoms with Gasteiger partial charge in [0.25, 0.3) is 11.5 Å². The highest BCUT2D eigenvalue weighted by molar-refractivity contribution is 5.97. The van der Waals surface area contributed by atoms with Gasteiger partial charge in [-0.05, 0) is 92.8 Å². The number of rotatable bonds is 4. The summed E-state index contributed by atoms with van der Waals surface area (Å²) in [6, 6.07) is 6.64. The number of aliphatic hydroxyl groups is 1. The fourth-order valence-electron chi connectivity index (χ4n) is 8.13. The summed E-state index contributed by atoms with van der Waals surface area (Å²) in [5.74, 6) is 0.409. The Morgan fingerprint density at radius 2 is 1.92 bits per heavy atom. The number of phenolic OH excluding ortho intramolecular Hbond substituents is 1. The molecule has 4 atom stereocenters. The first-order valence-electron chi connectivity index (χ1n) is 14.1. The number of benzene rings is 1. The van der Waals surface area contributed by atoms with E-state index in [1.807, 2.05) is 12.1 Å². The maximum absolute atomic E-state index is 13.5. The molecule has 38 heavy (non-hydrogen) atoms. The molecule has 3 fully saturated rings. The van der Waals surface area contributed by atoms with Crippen molar-refractivity contribution in [2.24, 2.45) is 5.92 Å². The number of ketones is 1. The zero-order valence-corrected chi connectivity index (χ0v) is 21.8. The number of Topliss-reactive ketones (excluding diaryl/α,β-unsaturated/α-hetero) is 1. The number of nitrogens with zero attached hydrogens (tertiary/aromatic N) is 2. The molecule has 3 aliphatic carbocycles. The predicted molar refractivity (Wildman–Crippen MR) is 140 cm³/mol. The van der Waals surface area contributed by atoms with E-state index >= 15 is 0 Å². The van der Waals surface area contributed by atoms with Crippen molar-refractivity contribution < 1.29 is 19.8 Å². The molecule has 8 heteroatoms. The largest absolute Gasteiger partial charge is 0.508 e. The second kappa shape index (κ2) is 8.26. The van der Waals surface area contributed by atoms with Crippen LogP contribution < -0.4 is 5.56 Å². The molecule has 2 saturated heterocycles. The number of pyridine rings is 1. The molecule has 7 rings (SSSR count). The maximum atomic E-state index is 13.5. The van der Waals surface area contributed by atoms with Gasteiger partial charge < -0.3 is 20.1 Å². The van der Waals surface area contributed by atoms with Crippen LogP contribution in [0.3, 0.4) is 0 Å². The van der Waals surface area contributed by atoms with Crippen molar-refractivity contribution >= 4 is 11.7 Å². The van der Waals surface area contributed by atoms with Crippen molar-refractivity contribution in [2.75, 3.05) is 19.6 Å². The SMILES string of the molecule is CC(=O)[C@@H]1CCCN1C(=O)c1cc2c([nH]c1=O)C[C@]13CCN(CC4CC4)[C@H](Cc4ccc(O)cc41)[C@]3(O)C2. The third-order valence-electron chi connectivity index (χ3n) is 10.2. The molecule has 1 saturated carbocycles. The van der Waals surface area contributed by atoms with E-state index in [1.165, 1.54) is 24.7 Å². The zero-order valence-electron chi connectivity index (χ0n) is 21.8. The van der Waals surface area contributed by atoms with Crippen molar-refractivity contribution in [3.63, 3.8) is 0 Å². The second-order valence-corrected chi connectivity index (χ2v) is 12.4. The van der Waals surface area contributed by atoms with Crippen LogP contribution in [0, 0.1) is 5.92 Å². The van der Waals surface area contributed by atoms with Crippen LogP contribution in [0.4, 0.5) is 0 Å². The van der Waals surface area contributed by atoms with Crippen LogP contribution in [-0.2, 0) is 29.5 Å². The number of H-pyrrole nitrogens is 1. The molecule has 2 aliphatic heterocycles. The van der Waals surface area contributed by atoms with E-state index < -0.39 is 28.5 Å². The molecule has 2 aromatic rings. The molecular formula is C30H35N3O5. The van der Waals surface area contributed by atoms with E-state index in [-0.39, 0.29) is 23.1 Å². The number of amides is 1. The highest BCUT2D eigenvalue weighted by Crippen LogP contribution is 2.57. The lowest BCUT2D eigenvalue weighted by Gasteiger charge is -2.63. The Bertz CT molecular complexity index is 1410. The number of piperidine rings is 1. The summed E-state index contributed by atoms with van der Waals surface area (Å²) in [6.45, 7) is 3.81. The van der Waals surface area contributed by atoms with Gasteiger partial charge in [0.2, 0.25) is 0 Å². The van der Waals surface area contributed by atoms with E-state index in [2.05, 4.69) is 9.88 Å². The van der Waals surface area contributed by atoms with Gasteiger partial charge in [0.05, 0.1) is 11.6 Å². The summed E-state index contributed by atoms with van der Waals surface area (Å²) >= 11 is 0. The first-order valence-corrected chi connectivity index (χ1v) is 14.1. The van der Waals surface area contributed by atoms with Gasteiger partial charge in [0.1, 0.15) is 11.3 Å². The Morgan fingerprint density at radius 1 is 1.11 bits per heavy atom. The zero-order chi connectivity index (χ0) is 26.4. The number of carbonyl (C=O) groups is 2. The second-order valence-electron chi connectivity index (χ2n) is 12.4. The molecule has 1 aromatic heterocycles. The molecule has 5 aliphatic rings. The summed E-state index contributed by atoms with van der Waals surface area (Å²) in [5.41, 5.74) is 1.57. The quantitative estimate of drug-likeness (QED) is 0.572. The van der Waals surface area contributed by atoms with Crippen LogP contribution in [0.25, 0.3) is 0 Å². The molecule has 8 nitrogen and oxygen atoms in total. The minimum Gasteiger partial charge on any atom is -0.508 e. The third kappa shape index (κ3) is 3.39. The van der Waals surface area contributed by atoms with Crippen LogP contribution in [0.5, 0.6) is 5.75 Å².